The molecule has 0 saturated carbocycles. The van der Waals surface area contributed by atoms with Crippen LogP contribution >= 0.6 is 11.3 Å². The molecule has 0 unspecified atom stereocenters. The van der Waals surface area contributed by atoms with Gasteiger partial charge in [-0.05, 0) is 6.92 Å². The molecule has 1 N–H and O–H groups in total. The molecule has 146 valence electrons. The number of hydrogen-bond donors (Lipinski definition) is 1. The average molecular weight is 392 g/mol. The first-order valence-electron chi connectivity index (χ1n) is 8.68. The lowest BCUT2D eigenvalue weighted by Crippen LogP contribution is -2.48. The Bertz CT molecular complexity index is 754. The van der Waals surface area contributed by atoms with Crippen LogP contribution in [-0.4, -0.2) is 77.6 Å². The topological polar surface area (TPSA) is 92.7 Å². The van der Waals surface area contributed by atoms with E-state index in [4.69, 9.17) is 9.47 Å². The van der Waals surface area contributed by atoms with Gasteiger partial charge < -0.3 is 9.47 Å². The summed E-state index contributed by atoms with van der Waals surface area (Å²) in [5.74, 6) is 0.689. The predicted octanol–water partition coefficient (Wildman–Crippen LogP) is 1.02. The lowest BCUT2D eigenvalue weighted by atomic mass is 10.3. The lowest BCUT2D eigenvalue weighted by Gasteiger charge is -2.33. The molecule has 1 saturated heterocycles. The van der Waals surface area contributed by atoms with Gasteiger partial charge in [0.1, 0.15) is 0 Å². The highest BCUT2D eigenvalue weighted by molar-refractivity contribution is 7.09. The molecule has 0 aliphatic carbocycles. The third-order valence-corrected chi connectivity index (χ3v) is 5.06. The smallest absolute Gasteiger partial charge is 0.240 e. The van der Waals surface area contributed by atoms with Gasteiger partial charge in [-0.15, -0.1) is 11.3 Å². The third kappa shape index (κ3) is 5.59. The molecule has 2 aromatic rings. The number of carbonyl (C=O) groups is 1. The Morgan fingerprint density at radius 2 is 1.74 bits per heavy atom. The number of hydrogen-bond acceptors (Lipinski definition) is 9. The lowest BCUT2D eigenvalue weighted by molar-refractivity contribution is -0.117. The van der Waals surface area contributed by atoms with Gasteiger partial charge in [-0.2, -0.15) is 9.97 Å². The molecule has 3 heterocycles. The van der Waals surface area contributed by atoms with E-state index in [1.54, 1.807) is 17.4 Å². The van der Waals surface area contributed by atoms with E-state index < -0.39 is 0 Å². The van der Waals surface area contributed by atoms with Crippen molar-refractivity contribution in [2.24, 2.45) is 0 Å². The molecule has 0 spiro atoms. The highest BCUT2D eigenvalue weighted by Crippen LogP contribution is 2.17. The molecule has 0 bridgehead atoms. The quantitative estimate of drug-likeness (QED) is 0.747. The molecule has 2 aromatic heterocycles. The zero-order valence-corrected chi connectivity index (χ0v) is 16.6. The van der Waals surface area contributed by atoms with Gasteiger partial charge in [0.2, 0.25) is 23.6 Å². The maximum atomic E-state index is 12.3. The fraction of sp³-hybridized carbons (Fsp3) is 0.529. The minimum atomic E-state index is -0.158. The fourth-order valence-corrected chi connectivity index (χ4v) is 3.46. The van der Waals surface area contributed by atoms with Gasteiger partial charge in [-0.25, -0.2) is 4.98 Å². The second-order valence-electron chi connectivity index (χ2n) is 6.23. The maximum absolute atomic E-state index is 12.3. The van der Waals surface area contributed by atoms with E-state index in [0.717, 1.165) is 43.4 Å². The summed E-state index contributed by atoms with van der Waals surface area (Å²) in [7, 11) is 3.00. The SMILES string of the molecule is COc1cc(OC)nc(NC(=O)CN2CCN(Cc3csc(C)n3)CC2)n1. The Balaban J connectivity index is 1.46. The van der Waals surface area contributed by atoms with Crippen LogP contribution < -0.4 is 14.8 Å². The van der Waals surface area contributed by atoms with E-state index >= 15 is 0 Å². The molecule has 1 amide bonds. The van der Waals surface area contributed by atoms with E-state index in [9.17, 15) is 4.79 Å². The first kappa shape index (κ1) is 19.5. The third-order valence-electron chi connectivity index (χ3n) is 4.23. The summed E-state index contributed by atoms with van der Waals surface area (Å²) in [6.45, 7) is 6.67. The van der Waals surface area contributed by atoms with Crippen molar-refractivity contribution in [1.82, 2.24) is 24.8 Å². The number of rotatable bonds is 7. The number of aryl methyl sites for hydroxylation is 1. The van der Waals surface area contributed by atoms with E-state index in [0.29, 0.717) is 18.3 Å². The first-order valence-corrected chi connectivity index (χ1v) is 9.56. The van der Waals surface area contributed by atoms with Crippen LogP contribution in [0.3, 0.4) is 0 Å². The molecular weight excluding hydrogens is 368 g/mol. The zero-order chi connectivity index (χ0) is 19.2. The zero-order valence-electron chi connectivity index (χ0n) is 15.8. The molecule has 0 atom stereocenters. The standard InChI is InChI=1S/C17H24N6O3S/c1-12-18-13(11-27-12)9-22-4-6-23(7-5-22)10-14(24)19-17-20-15(25-2)8-16(21-17)26-3/h8,11H,4-7,9-10H2,1-3H3,(H,19,20,21,24). The molecule has 9 nitrogen and oxygen atoms in total. The summed E-state index contributed by atoms with van der Waals surface area (Å²) >= 11 is 1.68. The van der Waals surface area contributed by atoms with Gasteiger partial charge in [0, 0.05) is 38.1 Å². The first-order chi connectivity index (χ1) is 13.1. The van der Waals surface area contributed by atoms with Crippen molar-refractivity contribution in [2.75, 3.05) is 52.3 Å². The summed E-state index contributed by atoms with van der Waals surface area (Å²) < 4.78 is 10.2. The van der Waals surface area contributed by atoms with Crippen molar-refractivity contribution in [3.63, 3.8) is 0 Å². The fourth-order valence-electron chi connectivity index (χ4n) is 2.85. The average Bonchev–Trinajstić information content (AvgIpc) is 3.07. The number of nitrogens with one attached hydrogen (secondary N) is 1. The number of carbonyl (C=O) groups excluding carboxylic acids is 1. The molecule has 0 aromatic carbocycles. The van der Waals surface area contributed by atoms with Crippen LogP contribution in [0.1, 0.15) is 10.7 Å². The van der Waals surface area contributed by atoms with Gasteiger partial charge >= 0.3 is 0 Å². The highest BCUT2D eigenvalue weighted by atomic mass is 32.1. The molecule has 3 rings (SSSR count). The van der Waals surface area contributed by atoms with Crippen molar-refractivity contribution in [1.29, 1.82) is 0 Å². The summed E-state index contributed by atoms with van der Waals surface area (Å²) in [6, 6.07) is 1.55. The molecule has 1 aliphatic rings. The summed E-state index contributed by atoms with van der Waals surface area (Å²) in [5, 5.41) is 5.91. The molecule has 10 heteroatoms. The number of anilines is 1. The van der Waals surface area contributed by atoms with Crippen molar-refractivity contribution in [3.05, 3.63) is 22.1 Å². The van der Waals surface area contributed by atoms with Gasteiger partial charge in [0.15, 0.2) is 0 Å². The van der Waals surface area contributed by atoms with Crippen molar-refractivity contribution in [3.8, 4) is 11.8 Å². The highest BCUT2D eigenvalue weighted by Gasteiger charge is 2.20. The summed E-state index contributed by atoms with van der Waals surface area (Å²) in [4.78, 5) is 29.5. The van der Waals surface area contributed by atoms with Crippen LogP contribution in [0.4, 0.5) is 5.95 Å². The van der Waals surface area contributed by atoms with Crippen LogP contribution in [0.5, 0.6) is 11.8 Å². The van der Waals surface area contributed by atoms with Gasteiger partial charge in [0.25, 0.3) is 0 Å². The van der Waals surface area contributed by atoms with Crippen LogP contribution in [0, 0.1) is 6.92 Å². The molecule has 0 radical (unpaired) electrons. The Hall–Kier alpha value is -2.30. The predicted molar refractivity (Wildman–Crippen MR) is 102 cm³/mol. The minimum Gasteiger partial charge on any atom is -0.481 e. The largest absolute Gasteiger partial charge is 0.481 e. The molecular formula is C17H24N6O3S. The number of nitrogens with zero attached hydrogens (tertiary/aromatic N) is 5. The van der Waals surface area contributed by atoms with Gasteiger partial charge in [0.05, 0.1) is 37.5 Å². The van der Waals surface area contributed by atoms with E-state index in [1.165, 1.54) is 14.2 Å². The van der Waals surface area contributed by atoms with Crippen LogP contribution in [0.15, 0.2) is 11.4 Å². The van der Waals surface area contributed by atoms with Gasteiger partial charge in [-0.3, -0.25) is 19.9 Å². The van der Waals surface area contributed by atoms with Crippen LogP contribution in [-0.2, 0) is 11.3 Å². The summed E-state index contributed by atoms with van der Waals surface area (Å²) in [6.07, 6.45) is 0. The van der Waals surface area contributed by atoms with Crippen molar-refractivity contribution >= 4 is 23.2 Å². The molecule has 1 fully saturated rings. The second kappa shape index (κ2) is 9.07. The van der Waals surface area contributed by atoms with E-state index in [-0.39, 0.29) is 11.9 Å². The Morgan fingerprint density at radius 1 is 1.11 bits per heavy atom. The number of piperazine rings is 1. The number of ether oxygens (including phenoxy) is 2. The normalized spacial score (nSPS) is 15.5. The molecule has 27 heavy (non-hydrogen) atoms. The van der Waals surface area contributed by atoms with Crippen LogP contribution in [0.25, 0.3) is 0 Å². The number of amides is 1. The Labute approximate surface area is 162 Å². The minimum absolute atomic E-state index is 0.158. The van der Waals surface area contributed by atoms with Gasteiger partial charge in [-0.1, -0.05) is 0 Å². The number of aromatic nitrogens is 3. The number of methoxy groups -OCH3 is 2. The second-order valence-corrected chi connectivity index (χ2v) is 7.30. The van der Waals surface area contributed by atoms with Crippen molar-refractivity contribution < 1.29 is 14.3 Å². The number of thiazole rings is 1. The summed E-state index contributed by atoms with van der Waals surface area (Å²) in [5.41, 5.74) is 1.12. The van der Waals surface area contributed by atoms with Crippen LogP contribution in [0.2, 0.25) is 0 Å². The van der Waals surface area contributed by atoms with E-state index in [1.807, 2.05) is 6.92 Å². The Kier molecular flexibility index (Phi) is 6.54. The van der Waals surface area contributed by atoms with E-state index in [2.05, 4.69) is 35.4 Å². The maximum Gasteiger partial charge on any atom is 0.240 e. The Morgan fingerprint density at radius 3 is 2.30 bits per heavy atom. The monoisotopic (exact) mass is 392 g/mol. The van der Waals surface area contributed by atoms with Crippen molar-refractivity contribution in [2.45, 2.75) is 13.5 Å². The molecule has 1 aliphatic heterocycles.